The summed E-state index contributed by atoms with van der Waals surface area (Å²) in [5.41, 5.74) is -0.225. The fourth-order valence-corrected chi connectivity index (χ4v) is 8.33. The Morgan fingerprint density at radius 3 is 1.17 bits per heavy atom. The van der Waals surface area contributed by atoms with E-state index in [1.165, 1.54) is 48.5 Å². The highest BCUT2D eigenvalue weighted by molar-refractivity contribution is 7.90. The molecule has 46 heavy (non-hydrogen) atoms. The minimum atomic E-state index is -4.65. The van der Waals surface area contributed by atoms with Crippen LogP contribution in [0, 0.1) is 13.8 Å². The molecule has 0 aliphatic rings. The molecule has 2 aromatic heterocycles. The zero-order chi connectivity index (χ0) is 34.3. The molecule has 0 saturated carbocycles. The van der Waals surface area contributed by atoms with Gasteiger partial charge < -0.3 is 0 Å². The molecule has 0 aliphatic heterocycles. The fourth-order valence-electron chi connectivity index (χ4n) is 5.07. The van der Waals surface area contributed by atoms with E-state index < -0.39 is 73.7 Å². The molecule has 0 radical (unpaired) electrons. The third-order valence-electron chi connectivity index (χ3n) is 7.45. The number of aryl methyl sites for hydroxylation is 2. The standard InChI is InChI=1S/C31H34F4N4O5S2/c1-17(2)30-36-15-23(38(30)45(41,42)21-11-7-19(5)8-12-21)25(28(32)33)27(40)26(29(34)35)24-16-37-31(18(3)4)39(24)46(43,44)22-13-9-20(6)10-14-22/h7-18,25-26,28-29H,1-6H3. The van der Waals surface area contributed by atoms with Crippen molar-refractivity contribution in [3.63, 3.8) is 0 Å². The summed E-state index contributed by atoms with van der Waals surface area (Å²) < 4.78 is 116. The molecule has 15 heteroatoms. The van der Waals surface area contributed by atoms with Gasteiger partial charge in [0.25, 0.3) is 32.9 Å². The van der Waals surface area contributed by atoms with Crippen LogP contribution < -0.4 is 0 Å². The van der Waals surface area contributed by atoms with E-state index in [4.69, 9.17) is 0 Å². The quantitative estimate of drug-likeness (QED) is 0.159. The lowest BCUT2D eigenvalue weighted by Crippen LogP contribution is -2.34. The van der Waals surface area contributed by atoms with Gasteiger partial charge in [-0.2, -0.15) is 0 Å². The molecule has 9 nitrogen and oxygen atoms in total. The van der Waals surface area contributed by atoms with Crippen molar-refractivity contribution >= 4 is 25.8 Å². The van der Waals surface area contributed by atoms with Crippen LogP contribution in [0.2, 0.25) is 0 Å². The summed E-state index contributed by atoms with van der Waals surface area (Å²) >= 11 is 0. The molecule has 0 amide bonds. The van der Waals surface area contributed by atoms with E-state index in [-0.39, 0.29) is 21.4 Å². The highest BCUT2D eigenvalue weighted by atomic mass is 32.2. The molecule has 4 aromatic rings. The van der Waals surface area contributed by atoms with E-state index in [1.54, 1.807) is 41.5 Å². The van der Waals surface area contributed by atoms with Crippen LogP contribution in [0.5, 0.6) is 0 Å². The molecule has 2 aromatic carbocycles. The highest BCUT2D eigenvalue weighted by Gasteiger charge is 2.46. The van der Waals surface area contributed by atoms with E-state index in [9.17, 15) is 39.2 Å². The molecule has 2 atom stereocenters. The van der Waals surface area contributed by atoms with Crippen LogP contribution in [0.4, 0.5) is 17.6 Å². The molecule has 2 unspecified atom stereocenters. The van der Waals surface area contributed by atoms with Crippen molar-refractivity contribution in [3.8, 4) is 0 Å². The summed E-state index contributed by atoms with van der Waals surface area (Å²) in [7, 11) is -9.30. The number of rotatable bonds is 12. The van der Waals surface area contributed by atoms with E-state index in [0.29, 0.717) is 19.1 Å². The topological polar surface area (TPSA) is 121 Å². The third-order valence-corrected chi connectivity index (χ3v) is 10.9. The third kappa shape index (κ3) is 6.39. The number of carbonyl (C=O) groups is 1. The van der Waals surface area contributed by atoms with Crippen LogP contribution in [-0.2, 0) is 24.8 Å². The zero-order valence-corrected chi connectivity index (χ0v) is 27.5. The zero-order valence-electron chi connectivity index (χ0n) is 25.9. The van der Waals surface area contributed by atoms with Gasteiger partial charge in [-0.15, -0.1) is 0 Å². The molecular formula is C31H34F4N4O5S2. The Labute approximate surface area is 265 Å². The van der Waals surface area contributed by atoms with Gasteiger partial charge in [-0.1, -0.05) is 63.1 Å². The first-order valence-electron chi connectivity index (χ1n) is 14.3. The number of hydrogen-bond acceptors (Lipinski definition) is 7. The lowest BCUT2D eigenvalue weighted by atomic mass is 9.89. The molecule has 248 valence electrons. The van der Waals surface area contributed by atoms with Crippen molar-refractivity contribution in [2.24, 2.45) is 0 Å². The first-order valence-corrected chi connectivity index (χ1v) is 17.2. The number of aromatic nitrogens is 4. The monoisotopic (exact) mass is 682 g/mol. The smallest absolute Gasteiger partial charge is 0.269 e. The highest BCUT2D eigenvalue weighted by Crippen LogP contribution is 2.39. The van der Waals surface area contributed by atoms with Crippen molar-refractivity contribution in [2.45, 2.75) is 87.9 Å². The molecule has 0 N–H and O–H groups in total. The second-order valence-corrected chi connectivity index (χ2v) is 15.2. The lowest BCUT2D eigenvalue weighted by Gasteiger charge is -2.25. The maximum absolute atomic E-state index is 14.9. The van der Waals surface area contributed by atoms with Crippen LogP contribution in [0.1, 0.15) is 85.5 Å². The summed E-state index contributed by atoms with van der Waals surface area (Å²) in [5.74, 6) is -8.95. The first kappa shape index (κ1) is 35.0. The van der Waals surface area contributed by atoms with Gasteiger partial charge in [0, 0.05) is 11.8 Å². The number of Topliss-reactive ketones (excluding diaryl/α,β-unsaturated/α-hetero) is 1. The number of hydrogen-bond donors (Lipinski definition) is 0. The average Bonchev–Trinajstić information content (AvgIpc) is 3.60. The molecule has 2 heterocycles. The lowest BCUT2D eigenvalue weighted by molar-refractivity contribution is -0.128. The van der Waals surface area contributed by atoms with Crippen LogP contribution in [0.3, 0.4) is 0 Å². The minimum absolute atomic E-state index is 0.197. The van der Waals surface area contributed by atoms with Gasteiger partial charge in [0.1, 0.15) is 23.5 Å². The molecule has 0 fully saturated rings. The molecule has 0 saturated heterocycles. The largest absolute Gasteiger partial charge is 0.298 e. The van der Waals surface area contributed by atoms with Gasteiger partial charge in [0.2, 0.25) is 0 Å². The number of halogens is 4. The molecule has 0 bridgehead atoms. The van der Waals surface area contributed by atoms with Gasteiger partial charge in [-0.3, -0.25) is 4.79 Å². The Hall–Kier alpha value is -3.85. The van der Waals surface area contributed by atoms with Crippen molar-refractivity contribution in [3.05, 3.63) is 95.1 Å². The van der Waals surface area contributed by atoms with E-state index in [0.717, 1.165) is 12.4 Å². The summed E-state index contributed by atoms with van der Waals surface area (Å²) in [6.07, 6.45) is -5.82. The molecule has 4 rings (SSSR count). The van der Waals surface area contributed by atoms with Gasteiger partial charge in [-0.05, 0) is 38.1 Å². The van der Waals surface area contributed by atoms with Gasteiger partial charge in [0.15, 0.2) is 5.78 Å². The maximum atomic E-state index is 14.9. The number of carbonyl (C=O) groups excluding carboxylic acids is 1. The summed E-state index contributed by atoms with van der Waals surface area (Å²) in [6, 6.07) is 11.0. The Bertz CT molecular complexity index is 1800. The van der Waals surface area contributed by atoms with E-state index in [1.807, 2.05) is 0 Å². The normalized spacial score (nSPS) is 14.0. The predicted molar refractivity (Wildman–Crippen MR) is 163 cm³/mol. The number of benzene rings is 2. The van der Waals surface area contributed by atoms with Crippen molar-refractivity contribution < 1.29 is 39.2 Å². The SMILES string of the molecule is Cc1ccc(S(=O)(=O)n2c(C(C(=O)C(c3cnc(C(C)C)n3S(=O)(=O)c3ccc(C)cc3)C(F)F)C(F)F)cnc2C(C)C)cc1. The Morgan fingerprint density at radius 1 is 0.609 bits per heavy atom. The first-order chi connectivity index (χ1) is 21.4. The van der Waals surface area contributed by atoms with E-state index in [2.05, 4.69) is 9.97 Å². The van der Waals surface area contributed by atoms with Crippen LogP contribution in [0.25, 0.3) is 0 Å². The Morgan fingerprint density at radius 2 is 0.913 bits per heavy atom. The number of nitrogens with zero attached hydrogens (tertiary/aromatic N) is 4. The number of imidazole rings is 2. The van der Waals surface area contributed by atoms with Crippen molar-refractivity contribution in [2.75, 3.05) is 0 Å². The van der Waals surface area contributed by atoms with Gasteiger partial charge >= 0.3 is 0 Å². The number of alkyl halides is 4. The predicted octanol–water partition coefficient (Wildman–Crippen LogP) is 6.38. The van der Waals surface area contributed by atoms with Gasteiger partial charge in [-0.25, -0.2) is 52.3 Å². The van der Waals surface area contributed by atoms with Crippen molar-refractivity contribution in [1.82, 2.24) is 17.9 Å². The maximum Gasteiger partial charge on any atom is 0.269 e. The second-order valence-electron chi connectivity index (χ2n) is 11.6. The summed E-state index contributed by atoms with van der Waals surface area (Å²) in [5, 5.41) is 0. The molecular weight excluding hydrogens is 648 g/mol. The van der Waals surface area contributed by atoms with Crippen molar-refractivity contribution in [1.29, 1.82) is 0 Å². The van der Waals surface area contributed by atoms with Crippen LogP contribution in [-0.4, -0.2) is 53.4 Å². The second kappa shape index (κ2) is 13.1. The number of ketones is 1. The van der Waals surface area contributed by atoms with Gasteiger partial charge in [0.05, 0.1) is 33.6 Å². The van der Waals surface area contributed by atoms with E-state index >= 15 is 0 Å². The Balaban J connectivity index is 1.96. The summed E-state index contributed by atoms with van der Waals surface area (Å²) in [6.45, 7) is 9.63. The molecule has 0 spiro atoms. The average molecular weight is 683 g/mol. The Kier molecular flexibility index (Phi) is 9.97. The molecule has 0 aliphatic carbocycles. The minimum Gasteiger partial charge on any atom is -0.298 e. The summed E-state index contributed by atoms with van der Waals surface area (Å²) in [4.78, 5) is 21.4. The van der Waals surface area contributed by atoms with Crippen LogP contribution in [0.15, 0.2) is 70.7 Å². The van der Waals surface area contributed by atoms with Crippen LogP contribution >= 0.6 is 0 Å². The fraction of sp³-hybridized carbons (Fsp3) is 0.387.